The third-order valence-electron chi connectivity index (χ3n) is 3.00. The van der Waals surface area contributed by atoms with Gasteiger partial charge in [-0.25, -0.2) is 0 Å². The zero-order valence-corrected chi connectivity index (χ0v) is 13.4. The molecule has 0 heterocycles. The number of amides is 2. The first kappa shape index (κ1) is 16.3. The maximum atomic E-state index is 12.1. The Morgan fingerprint density at radius 2 is 1.73 bits per heavy atom. The average Bonchev–Trinajstić information content (AvgIpc) is 2.52. The number of hydrogen-bond acceptors (Lipinski definition) is 2. The zero-order valence-electron chi connectivity index (χ0n) is 11.8. The van der Waals surface area contributed by atoms with Crippen molar-refractivity contribution in [2.24, 2.45) is 0 Å². The van der Waals surface area contributed by atoms with Crippen LogP contribution in [0.1, 0.15) is 5.56 Å². The first-order valence-electron chi connectivity index (χ1n) is 6.53. The number of carbonyl (C=O) groups is 2. The minimum absolute atomic E-state index is 0.205. The fourth-order valence-corrected chi connectivity index (χ4v) is 2.23. The first-order chi connectivity index (χ1) is 10.5. The molecule has 0 aromatic heterocycles. The molecule has 114 valence electrons. The van der Waals surface area contributed by atoms with Crippen molar-refractivity contribution in [1.82, 2.24) is 4.90 Å². The van der Waals surface area contributed by atoms with Gasteiger partial charge in [0.2, 0.25) is 0 Å². The van der Waals surface area contributed by atoms with E-state index in [0.29, 0.717) is 17.3 Å². The number of anilines is 1. The number of carbonyl (C=O) groups excluding carboxylic acids is 2. The highest BCUT2D eigenvalue weighted by molar-refractivity contribution is 6.45. The van der Waals surface area contributed by atoms with Crippen LogP contribution in [-0.2, 0) is 16.1 Å². The molecule has 0 atom stereocenters. The summed E-state index contributed by atoms with van der Waals surface area (Å²) in [5.41, 5.74) is 1.24. The van der Waals surface area contributed by atoms with Crippen LogP contribution < -0.4 is 5.32 Å². The molecule has 1 N–H and O–H groups in total. The summed E-state index contributed by atoms with van der Waals surface area (Å²) < 4.78 is 0. The summed E-state index contributed by atoms with van der Waals surface area (Å²) in [7, 11) is 1.56. The molecule has 0 saturated carbocycles. The number of nitrogens with zero attached hydrogens (tertiary/aromatic N) is 1. The van der Waals surface area contributed by atoms with Gasteiger partial charge in [-0.3, -0.25) is 9.59 Å². The molecule has 0 aliphatic rings. The Kier molecular flexibility index (Phi) is 5.41. The second-order valence-electron chi connectivity index (χ2n) is 4.70. The Bertz CT molecular complexity index is 690. The van der Waals surface area contributed by atoms with Gasteiger partial charge in [0.05, 0.1) is 15.7 Å². The lowest BCUT2D eigenvalue weighted by Crippen LogP contribution is -2.36. The van der Waals surface area contributed by atoms with Gasteiger partial charge in [-0.1, -0.05) is 59.6 Å². The van der Waals surface area contributed by atoms with Gasteiger partial charge < -0.3 is 10.2 Å². The van der Waals surface area contributed by atoms with E-state index in [2.05, 4.69) is 5.32 Å². The fraction of sp³-hybridized carbons (Fsp3) is 0.125. The molecule has 0 fully saturated rings. The van der Waals surface area contributed by atoms with Crippen LogP contribution in [0.3, 0.4) is 0 Å². The van der Waals surface area contributed by atoms with Crippen LogP contribution in [0.2, 0.25) is 10.0 Å². The van der Waals surface area contributed by atoms with Crippen molar-refractivity contribution in [2.45, 2.75) is 6.54 Å². The van der Waals surface area contributed by atoms with E-state index in [-0.39, 0.29) is 5.02 Å². The molecule has 0 unspecified atom stereocenters. The van der Waals surface area contributed by atoms with Gasteiger partial charge in [0.15, 0.2) is 0 Å². The third-order valence-corrected chi connectivity index (χ3v) is 3.82. The van der Waals surface area contributed by atoms with Crippen LogP contribution in [0, 0.1) is 0 Å². The zero-order chi connectivity index (χ0) is 16.1. The first-order valence-corrected chi connectivity index (χ1v) is 7.29. The van der Waals surface area contributed by atoms with Gasteiger partial charge >= 0.3 is 11.8 Å². The molecule has 2 aromatic rings. The highest BCUT2D eigenvalue weighted by atomic mass is 35.5. The highest BCUT2D eigenvalue weighted by Crippen LogP contribution is 2.29. The number of likely N-dealkylation sites (N-methyl/N-ethyl adjacent to an activating group) is 1. The molecule has 2 aromatic carbocycles. The second-order valence-corrected chi connectivity index (χ2v) is 5.49. The van der Waals surface area contributed by atoms with E-state index in [1.807, 2.05) is 30.3 Å². The van der Waals surface area contributed by atoms with Gasteiger partial charge in [-0.2, -0.15) is 0 Å². The topological polar surface area (TPSA) is 49.4 Å². The van der Waals surface area contributed by atoms with Crippen molar-refractivity contribution in [3.8, 4) is 0 Å². The van der Waals surface area contributed by atoms with Gasteiger partial charge in [0.25, 0.3) is 0 Å². The molecular weight excluding hydrogens is 323 g/mol. The number of hydrogen-bond donors (Lipinski definition) is 1. The minimum atomic E-state index is -0.761. The lowest BCUT2D eigenvalue weighted by atomic mass is 10.2. The van der Waals surface area contributed by atoms with Crippen LogP contribution >= 0.6 is 23.2 Å². The maximum Gasteiger partial charge on any atom is 0.313 e. The Morgan fingerprint density at radius 1 is 1.05 bits per heavy atom. The fourth-order valence-electron chi connectivity index (χ4n) is 1.88. The molecule has 0 bridgehead atoms. The van der Waals surface area contributed by atoms with E-state index < -0.39 is 11.8 Å². The lowest BCUT2D eigenvalue weighted by Gasteiger charge is -2.17. The summed E-state index contributed by atoms with van der Waals surface area (Å²) in [5, 5.41) is 2.99. The Morgan fingerprint density at radius 3 is 2.41 bits per heavy atom. The molecule has 22 heavy (non-hydrogen) atoms. The van der Waals surface area contributed by atoms with Crippen molar-refractivity contribution < 1.29 is 9.59 Å². The number of halogens is 2. The van der Waals surface area contributed by atoms with Crippen molar-refractivity contribution in [3.05, 3.63) is 64.1 Å². The molecule has 6 heteroatoms. The summed E-state index contributed by atoms with van der Waals surface area (Å²) in [6.07, 6.45) is 0. The summed E-state index contributed by atoms with van der Waals surface area (Å²) in [5.74, 6) is -1.41. The smallest absolute Gasteiger partial charge is 0.313 e. The number of nitrogens with one attached hydrogen (secondary N) is 1. The minimum Gasteiger partial charge on any atom is -0.333 e. The monoisotopic (exact) mass is 336 g/mol. The van der Waals surface area contributed by atoms with Crippen molar-refractivity contribution in [3.63, 3.8) is 0 Å². The van der Waals surface area contributed by atoms with Gasteiger partial charge in [-0.05, 0) is 17.7 Å². The van der Waals surface area contributed by atoms with Crippen molar-refractivity contribution in [1.29, 1.82) is 0 Å². The maximum absolute atomic E-state index is 12.1. The quantitative estimate of drug-likeness (QED) is 0.870. The lowest BCUT2D eigenvalue weighted by molar-refractivity contribution is -0.142. The van der Waals surface area contributed by atoms with E-state index in [4.69, 9.17) is 23.2 Å². The summed E-state index contributed by atoms with van der Waals surface area (Å²) in [6, 6.07) is 14.2. The van der Waals surface area contributed by atoms with Crippen LogP contribution in [0.5, 0.6) is 0 Å². The van der Waals surface area contributed by atoms with Crippen LogP contribution in [0.25, 0.3) is 0 Å². The van der Waals surface area contributed by atoms with E-state index >= 15 is 0 Å². The van der Waals surface area contributed by atoms with Crippen LogP contribution in [0.15, 0.2) is 48.5 Å². The molecule has 0 aliphatic carbocycles. The van der Waals surface area contributed by atoms with E-state index in [1.54, 1.807) is 25.2 Å². The van der Waals surface area contributed by atoms with Crippen molar-refractivity contribution in [2.75, 3.05) is 12.4 Å². The highest BCUT2D eigenvalue weighted by Gasteiger charge is 2.20. The molecule has 0 saturated heterocycles. The molecule has 0 spiro atoms. The second kappa shape index (κ2) is 7.29. The Hall–Kier alpha value is -2.04. The molecule has 2 rings (SSSR count). The van der Waals surface area contributed by atoms with Crippen LogP contribution in [0.4, 0.5) is 5.69 Å². The molecule has 0 radical (unpaired) electrons. The van der Waals surface area contributed by atoms with Crippen LogP contribution in [-0.4, -0.2) is 23.8 Å². The van der Waals surface area contributed by atoms with E-state index in [9.17, 15) is 9.59 Å². The van der Waals surface area contributed by atoms with Gasteiger partial charge in [0.1, 0.15) is 0 Å². The molecular formula is C16H14Cl2N2O2. The predicted octanol–water partition coefficient (Wildman–Crippen LogP) is 3.59. The molecule has 2 amide bonds. The Labute approximate surface area is 138 Å². The molecule has 4 nitrogen and oxygen atoms in total. The van der Waals surface area contributed by atoms with Crippen molar-refractivity contribution >= 4 is 40.7 Å². The van der Waals surface area contributed by atoms with Gasteiger partial charge in [-0.15, -0.1) is 0 Å². The van der Waals surface area contributed by atoms with E-state index in [0.717, 1.165) is 5.56 Å². The number of benzene rings is 2. The third kappa shape index (κ3) is 4.00. The molecule has 0 aliphatic heterocycles. The van der Waals surface area contributed by atoms with E-state index in [1.165, 1.54) is 4.90 Å². The SMILES string of the molecule is CN(Cc1ccccc1)C(=O)C(=O)Nc1cccc(Cl)c1Cl. The predicted molar refractivity (Wildman–Crippen MR) is 88.0 cm³/mol. The normalized spacial score (nSPS) is 10.1. The standard InChI is InChI=1S/C16H14Cl2N2O2/c1-20(10-11-6-3-2-4-7-11)16(22)15(21)19-13-9-5-8-12(17)14(13)18/h2-9H,10H2,1H3,(H,19,21). The summed E-state index contributed by atoms with van der Waals surface area (Å²) in [4.78, 5) is 25.4. The summed E-state index contributed by atoms with van der Waals surface area (Å²) >= 11 is 11.8. The van der Waals surface area contributed by atoms with Gasteiger partial charge in [0, 0.05) is 13.6 Å². The largest absolute Gasteiger partial charge is 0.333 e. The summed E-state index contributed by atoms with van der Waals surface area (Å²) in [6.45, 7) is 0.344. The average molecular weight is 337 g/mol. The number of rotatable bonds is 3. The Balaban J connectivity index is 2.03.